The molecule has 0 saturated heterocycles. The second-order valence-corrected chi connectivity index (χ2v) is 6.46. The lowest BCUT2D eigenvalue weighted by Gasteiger charge is -2.14. The van der Waals surface area contributed by atoms with E-state index in [1.54, 1.807) is 13.2 Å². The highest BCUT2D eigenvalue weighted by atomic mass is 127. The van der Waals surface area contributed by atoms with Crippen molar-refractivity contribution in [1.29, 1.82) is 0 Å². The molecule has 0 aliphatic carbocycles. The Morgan fingerprint density at radius 1 is 1.18 bits per heavy atom. The van der Waals surface area contributed by atoms with Gasteiger partial charge in [-0.1, -0.05) is 18.2 Å². The summed E-state index contributed by atoms with van der Waals surface area (Å²) in [4.78, 5) is 8.45. The number of hydrogen-bond acceptors (Lipinski definition) is 3. The van der Waals surface area contributed by atoms with Crippen molar-refractivity contribution in [3.63, 3.8) is 0 Å². The van der Waals surface area contributed by atoms with E-state index in [1.165, 1.54) is 11.3 Å². The summed E-state index contributed by atoms with van der Waals surface area (Å²) >= 11 is 0. The molecule has 0 aliphatic heterocycles. The summed E-state index contributed by atoms with van der Waals surface area (Å²) in [6, 6.07) is 10.4. The van der Waals surface area contributed by atoms with Crippen LogP contribution in [0.5, 0.6) is 0 Å². The summed E-state index contributed by atoms with van der Waals surface area (Å²) in [6.07, 6.45) is 6.53. The fourth-order valence-electron chi connectivity index (χ4n) is 3.05. The number of hydrogen-bond donors (Lipinski definition) is 2. The van der Waals surface area contributed by atoms with Gasteiger partial charge in [0.05, 0.1) is 17.7 Å². The Hall–Kier alpha value is -2.36. The van der Waals surface area contributed by atoms with Crippen molar-refractivity contribution in [2.75, 3.05) is 13.6 Å². The summed E-state index contributed by atoms with van der Waals surface area (Å²) in [5.41, 5.74) is 4.56. The van der Waals surface area contributed by atoms with Gasteiger partial charge >= 0.3 is 0 Å². The highest BCUT2D eigenvalue weighted by Gasteiger charge is 2.05. The first-order chi connectivity index (χ1) is 13.2. The van der Waals surface area contributed by atoms with Gasteiger partial charge in [-0.3, -0.25) is 9.67 Å². The second kappa shape index (κ2) is 10.8. The second-order valence-electron chi connectivity index (χ2n) is 6.46. The molecule has 0 unspecified atom stereocenters. The van der Waals surface area contributed by atoms with E-state index in [4.69, 9.17) is 0 Å². The van der Waals surface area contributed by atoms with E-state index in [1.807, 2.05) is 36.1 Å². The SMILES string of the molecule is CN=C(NCCCn1nc(C)cc1C)NCc1ccccc1-n1ccnc1.I. The summed E-state index contributed by atoms with van der Waals surface area (Å²) in [6.45, 7) is 6.53. The maximum atomic E-state index is 4.49. The Morgan fingerprint density at radius 2 is 2.00 bits per heavy atom. The molecule has 28 heavy (non-hydrogen) atoms. The van der Waals surface area contributed by atoms with Crippen LogP contribution in [0, 0.1) is 13.8 Å². The van der Waals surface area contributed by atoms with Crippen LogP contribution in [0.1, 0.15) is 23.4 Å². The van der Waals surface area contributed by atoms with Crippen molar-refractivity contribution in [2.45, 2.75) is 33.4 Å². The highest BCUT2D eigenvalue weighted by molar-refractivity contribution is 14.0. The summed E-state index contributed by atoms with van der Waals surface area (Å²) in [7, 11) is 1.79. The van der Waals surface area contributed by atoms with Crippen LogP contribution >= 0.6 is 24.0 Å². The monoisotopic (exact) mass is 493 g/mol. The summed E-state index contributed by atoms with van der Waals surface area (Å²) in [5.74, 6) is 0.795. The van der Waals surface area contributed by atoms with Crippen LogP contribution in [-0.2, 0) is 13.1 Å². The number of aryl methyl sites for hydroxylation is 3. The van der Waals surface area contributed by atoms with Gasteiger partial charge < -0.3 is 15.2 Å². The van der Waals surface area contributed by atoms with Crippen molar-refractivity contribution < 1.29 is 0 Å². The minimum atomic E-state index is 0. The van der Waals surface area contributed by atoms with Gasteiger partial charge in [0.2, 0.25) is 0 Å². The van der Waals surface area contributed by atoms with Gasteiger partial charge in [0, 0.05) is 44.8 Å². The van der Waals surface area contributed by atoms with Crippen LogP contribution in [0.4, 0.5) is 0 Å². The zero-order chi connectivity index (χ0) is 19.1. The maximum Gasteiger partial charge on any atom is 0.191 e. The van der Waals surface area contributed by atoms with E-state index in [-0.39, 0.29) is 24.0 Å². The zero-order valence-corrected chi connectivity index (χ0v) is 18.9. The first-order valence-electron chi connectivity index (χ1n) is 9.19. The number of guanidine groups is 1. The average Bonchev–Trinajstić information content (AvgIpc) is 3.31. The predicted molar refractivity (Wildman–Crippen MR) is 123 cm³/mol. The van der Waals surface area contributed by atoms with Crippen molar-refractivity contribution in [2.24, 2.45) is 4.99 Å². The first kappa shape index (κ1) is 21.9. The van der Waals surface area contributed by atoms with E-state index in [0.717, 1.165) is 36.9 Å². The van der Waals surface area contributed by atoms with Gasteiger partial charge in [-0.05, 0) is 38.0 Å². The molecule has 150 valence electrons. The third-order valence-corrected chi connectivity index (χ3v) is 4.39. The summed E-state index contributed by atoms with van der Waals surface area (Å²) in [5, 5.41) is 11.2. The molecule has 7 nitrogen and oxygen atoms in total. The van der Waals surface area contributed by atoms with Crippen molar-refractivity contribution in [1.82, 2.24) is 30.0 Å². The molecule has 0 amide bonds. The lowest BCUT2D eigenvalue weighted by Crippen LogP contribution is -2.37. The highest BCUT2D eigenvalue weighted by Crippen LogP contribution is 2.13. The van der Waals surface area contributed by atoms with Crippen LogP contribution in [0.3, 0.4) is 0 Å². The maximum absolute atomic E-state index is 4.49. The fraction of sp³-hybridized carbons (Fsp3) is 0.350. The third kappa shape index (κ3) is 5.82. The molecule has 0 bridgehead atoms. The Balaban J connectivity index is 0.00000280. The van der Waals surface area contributed by atoms with Gasteiger partial charge in [0.15, 0.2) is 5.96 Å². The molecule has 0 atom stereocenters. The summed E-state index contributed by atoms with van der Waals surface area (Å²) < 4.78 is 4.07. The molecular weight excluding hydrogens is 465 g/mol. The Morgan fingerprint density at radius 3 is 2.68 bits per heavy atom. The molecule has 0 radical (unpaired) electrons. The molecule has 0 spiro atoms. The standard InChI is InChI=1S/C20H27N7.HI/c1-16-13-17(2)27(25-16)11-6-9-23-20(21-3)24-14-18-7-4-5-8-19(18)26-12-10-22-15-26;/h4-5,7-8,10,12-13,15H,6,9,11,14H2,1-3H3,(H2,21,23,24);1H. The number of para-hydroxylation sites is 1. The first-order valence-corrected chi connectivity index (χ1v) is 9.19. The van der Waals surface area contributed by atoms with E-state index in [9.17, 15) is 0 Å². The smallest absolute Gasteiger partial charge is 0.191 e. The molecule has 2 N–H and O–H groups in total. The molecule has 0 fully saturated rings. The molecule has 3 rings (SSSR count). The fourth-order valence-corrected chi connectivity index (χ4v) is 3.05. The van der Waals surface area contributed by atoms with Gasteiger partial charge in [-0.15, -0.1) is 24.0 Å². The van der Waals surface area contributed by atoms with Crippen LogP contribution in [0.2, 0.25) is 0 Å². The van der Waals surface area contributed by atoms with Gasteiger partial charge in [-0.2, -0.15) is 5.10 Å². The van der Waals surface area contributed by atoms with Crippen molar-refractivity contribution >= 4 is 29.9 Å². The third-order valence-electron chi connectivity index (χ3n) is 4.39. The topological polar surface area (TPSA) is 72.1 Å². The molecule has 2 heterocycles. The average molecular weight is 493 g/mol. The lowest BCUT2D eigenvalue weighted by atomic mass is 10.1. The largest absolute Gasteiger partial charge is 0.356 e. The minimum Gasteiger partial charge on any atom is -0.356 e. The number of aliphatic imine (C=N–C) groups is 1. The lowest BCUT2D eigenvalue weighted by molar-refractivity contribution is 0.555. The quantitative estimate of drug-likeness (QED) is 0.230. The predicted octanol–water partition coefficient (Wildman–Crippen LogP) is 3.06. The number of rotatable bonds is 7. The number of benzene rings is 1. The number of nitrogens with zero attached hydrogens (tertiary/aromatic N) is 5. The molecule has 0 saturated carbocycles. The Labute approximate surface area is 183 Å². The van der Waals surface area contributed by atoms with E-state index in [0.29, 0.717) is 6.54 Å². The Bertz CT molecular complexity index is 884. The zero-order valence-electron chi connectivity index (χ0n) is 16.6. The normalized spacial score (nSPS) is 11.2. The van der Waals surface area contributed by atoms with Crippen molar-refractivity contribution in [3.05, 3.63) is 66.0 Å². The molecule has 8 heteroatoms. The van der Waals surface area contributed by atoms with Crippen LogP contribution in [0.25, 0.3) is 5.69 Å². The number of aromatic nitrogens is 4. The Kier molecular flexibility index (Phi) is 8.49. The number of imidazole rings is 1. The van der Waals surface area contributed by atoms with Crippen LogP contribution in [-0.4, -0.2) is 38.9 Å². The molecule has 3 aromatic rings. The molecular formula is C20H28IN7. The minimum absolute atomic E-state index is 0. The van der Waals surface area contributed by atoms with Crippen molar-refractivity contribution in [3.8, 4) is 5.69 Å². The van der Waals surface area contributed by atoms with E-state index in [2.05, 4.69) is 55.5 Å². The van der Waals surface area contributed by atoms with Crippen LogP contribution < -0.4 is 10.6 Å². The number of nitrogens with one attached hydrogen (secondary N) is 2. The van der Waals surface area contributed by atoms with Gasteiger partial charge in [0.25, 0.3) is 0 Å². The van der Waals surface area contributed by atoms with Crippen LogP contribution in [0.15, 0.2) is 54.0 Å². The van der Waals surface area contributed by atoms with E-state index >= 15 is 0 Å². The molecule has 2 aromatic heterocycles. The van der Waals surface area contributed by atoms with Gasteiger partial charge in [0.1, 0.15) is 0 Å². The van der Waals surface area contributed by atoms with Gasteiger partial charge in [-0.25, -0.2) is 4.98 Å². The molecule has 0 aliphatic rings. The van der Waals surface area contributed by atoms with E-state index < -0.39 is 0 Å². The molecule has 1 aromatic carbocycles. The number of halogens is 1.